The largest absolute Gasteiger partial charge is 0.349 e. The van der Waals surface area contributed by atoms with Gasteiger partial charge < -0.3 is 5.32 Å². The second-order valence-electron chi connectivity index (χ2n) is 4.86. The molecule has 0 radical (unpaired) electrons. The van der Waals surface area contributed by atoms with Crippen LogP contribution in [0.4, 0.5) is 0 Å². The van der Waals surface area contributed by atoms with Gasteiger partial charge in [0.25, 0.3) is 15.0 Å². The monoisotopic (exact) mass is 321 g/mol. The number of hydrogen-bond acceptors (Lipinski definition) is 3. The van der Waals surface area contributed by atoms with Gasteiger partial charge in [0, 0.05) is 27.3 Å². The molecule has 1 aliphatic rings. The number of carbonyl (C=O) groups excluding carboxylic acids is 1. The molecule has 104 valence electrons. The standard InChI is InChI=1S/C12H13Cl2NO3S/c1-7-2-10(3-7)15-12(16)8-4-9(13)6-11(5-8)19(14,17)18/h4-7,10H,2-3H2,1H3,(H,15,16). The summed E-state index contributed by atoms with van der Waals surface area (Å²) in [6.07, 6.45) is 1.87. The van der Waals surface area contributed by atoms with E-state index in [-0.39, 0.29) is 27.4 Å². The molecule has 2 rings (SSSR count). The van der Waals surface area contributed by atoms with E-state index < -0.39 is 9.05 Å². The maximum absolute atomic E-state index is 12.0. The first-order valence-corrected chi connectivity index (χ1v) is 8.50. The molecule has 0 saturated heterocycles. The fraction of sp³-hybridized carbons (Fsp3) is 0.417. The van der Waals surface area contributed by atoms with Gasteiger partial charge in [-0.15, -0.1) is 0 Å². The van der Waals surface area contributed by atoms with Gasteiger partial charge in [-0.25, -0.2) is 8.42 Å². The van der Waals surface area contributed by atoms with Crippen LogP contribution in [0.3, 0.4) is 0 Å². The van der Waals surface area contributed by atoms with Crippen molar-refractivity contribution in [3.8, 4) is 0 Å². The van der Waals surface area contributed by atoms with Gasteiger partial charge in [-0.1, -0.05) is 18.5 Å². The topological polar surface area (TPSA) is 63.2 Å². The Bertz CT molecular complexity index is 609. The van der Waals surface area contributed by atoms with Crippen LogP contribution in [0.15, 0.2) is 23.1 Å². The van der Waals surface area contributed by atoms with Gasteiger partial charge in [0.15, 0.2) is 0 Å². The maximum atomic E-state index is 12.0. The smallest absolute Gasteiger partial charge is 0.261 e. The highest BCUT2D eigenvalue weighted by atomic mass is 35.7. The third-order valence-corrected chi connectivity index (χ3v) is 4.68. The van der Waals surface area contributed by atoms with Crippen LogP contribution in [-0.2, 0) is 9.05 Å². The lowest BCUT2D eigenvalue weighted by Crippen LogP contribution is -2.43. The summed E-state index contributed by atoms with van der Waals surface area (Å²) in [4.78, 5) is 11.8. The summed E-state index contributed by atoms with van der Waals surface area (Å²) >= 11 is 5.80. The fourth-order valence-electron chi connectivity index (χ4n) is 2.12. The molecule has 1 amide bonds. The van der Waals surface area contributed by atoms with Crippen LogP contribution in [0.25, 0.3) is 0 Å². The highest BCUT2D eigenvalue weighted by molar-refractivity contribution is 8.13. The van der Waals surface area contributed by atoms with Gasteiger partial charge in [-0.2, -0.15) is 0 Å². The number of nitrogens with one attached hydrogen (secondary N) is 1. The fourth-order valence-corrected chi connectivity index (χ4v) is 3.23. The van der Waals surface area contributed by atoms with E-state index >= 15 is 0 Å². The van der Waals surface area contributed by atoms with Gasteiger partial charge in [-0.05, 0) is 37.0 Å². The number of benzene rings is 1. The van der Waals surface area contributed by atoms with Crippen LogP contribution >= 0.6 is 22.3 Å². The molecule has 0 heterocycles. The average Bonchev–Trinajstić information content (AvgIpc) is 2.24. The molecule has 1 aromatic rings. The number of hydrogen-bond donors (Lipinski definition) is 1. The van der Waals surface area contributed by atoms with Gasteiger partial charge in [0.05, 0.1) is 4.90 Å². The molecule has 0 aromatic heterocycles. The molecule has 0 spiro atoms. The van der Waals surface area contributed by atoms with Crippen molar-refractivity contribution in [2.75, 3.05) is 0 Å². The molecule has 0 aliphatic heterocycles. The highest BCUT2D eigenvalue weighted by Gasteiger charge is 2.27. The van der Waals surface area contributed by atoms with E-state index in [4.69, 9.17) is 22.3 Å². The minimum absolute atomic E-state index is 0.151. The SMILES string of the molecule is CC1CC(NC(=O)c2cc(Cl)cc(S(=O)(=O)Cl)c2)C1. The Labute approximate surface area is 121 Å². The van der Waals surface area contributed by atoms with E-state index in [1.165, 1.54) is 18.2 Å². The van der Waals surface area contributed by atoms with E-state index in [2.05, 4.69) is 12.2 Å². The van der Waals surface area contributed by atoms with E-state index in [9.17, 15) is 13.2 Å². The number of rotatable bonds is 3. The Hall–Kier alpha value is -0.780. The summed E-state index contributed by atoms with van der Waals surface area (Å²) in [7, 11) is 1.35. The van der Waals surface area contributed by atoms with E-state index in [0.717, 1.165) is 12.8 Å². The zero-order valence-corrected chi connectivity index (χ0v) is 12.5. The highest BCUT2D eigenvalue weighted by Crippen LogP contribution is 2.27. The van der Waals surface area contributed by atoms with Gasteiger partial charge >= 0.3 is 0 Å². The molecule has 7 heteroatoms. The van der Waals surface area contributed by atoms with Crippen LogP contribution in [0, 0.1) is 5.92 Å². The molecular formula is C12H13Cl2NO3S. The average molecular weight is 322 g/mol. The Morgan fingerprint density at radius 2 is 1.95 bits per heavy atom. The summed E-state index contributed by atoms with van der Waals surface area (Å²) in [6, 6.07) is 4.01. The minimum atomic E-state index is -3.90. The zero-order valence-electron chi connectivity index (χ0n) is 10.2. The molecule has 0 bridgehead atoms. The van der Waals surface area contributed by atoms with Crippen molar-refractivity contribution in [2.24, 2.45) is 5.92 Å². The van der Waals surface area contributed by atoms with Gasteiger partial charge in [0.2, 0.25) is 0 Å². The van der Waals surface area contributed by atoms with Crippen LogP contribution in [-0.4, -0.2) is 20.4 Å². The van der Waals surface area contributed by atoms with E-state index in [0.29, 0.717) is 5.92 Å². The molecule has 1 aromatic carbocycles. The molecule has 1 fully saturated rings. The van der Waals surface area contributed by atoms with Crippen molar-refractivity contribution in [2.45, 2.75) is 30.7 Å². The van der Waals surface area contributed by atoms with Crippen molar-refractivity contribution in [3.63, 3.8) is 0 Å². The van der Waals surface area contributed by atoms with Gasteiger partial charge in [0.1, 0.15) is 0 Å². The molecule has 4 nitrogen and oxygen atoms in total. The summed E-state index contributed by atoms with van der Waals surface area (Å²) in [5.74, 6) is 0.282. The summed E-state index contributed by atoms with van der Waals surface area (Å²) < 4.78 is 22.5. The third kappa shape index (κ3) is 3.61. The first-order valence-electron chi connectivity index (χ1n) is 5.82. The lowest BCUT2D eigenvalue weighted by atomic mass is 9.82. The van der Waals surface area contributed by atoms with Crippen LogP contribution < -0.4 is 5.32 Å². The maximum Gasteiger partial charge on any atom is 0.261 e. The van der Waals surface area contributed by atoms with E-state index in [1.807, 2.05) is 0 Å². The molecule has 1 N–H and O–H groups in total. The summed E-state index contributed by atoms with van der Waals surface area (Å²) in [6.45, 7) is 2.11. The molecule has 1 aliphatic carbocycles. The quantitative estimate of drug-likeness (QED) is 0.871. The predicted octanol–water partition coefficient (Wildman–Crippen LogP) is 2.80. The Morgan fingerprint density at radius 3 is 2.47 bits per heavy atom. The Balaban J connectivity index is 2.20. The minimum Gasteiger partial charge on any atom is -0.349 e. The van der Waals surface area contributed by atoms with Crippen molar-refractivity contribution >= 4 is 37.2 Å². The molecule has 19 heavy (non-hydrogen) atoms. The first kappa shape index (κ1) is 14.6. The molecule has 0 unspecified atom stereocenters. The van der Waals surface area contributed by atoms with Crippen molar-refractivity contribution < 1.29 is 13.2 Å². The Kier molecular flexibility index (Phi) is 4.08. The van der Waals surface area contributed by atoms with Crippen molar-refractivity contribution in [1.29, 1.82) is 0 Å². The lowest BCUT2D eigenvalue weighted by Gasteiger charge is -2.33. The van der Waals surface area contributed by atoms with Crippen molar-refractivity contribution in [1.82, 2.24) is 5.32 Å². The van der Waals surface area contributed by atoms with E-state index in [1.54, 1.807) is 0 Å². The number of carbonyl (C=O) groups is 1. The van der Waals surface area contributed by atoms with Crippen LogP contribution in [0.1, 0.15) is 30.1 Å². The molecule has 1 saturated carbocycles. The molecule has 0 atom stereocenters. The van der Waals surface area contributed by atoms with Crippen LogP contribution in [0.2, 0.25) is 5.02 Å². The number of amides is 1. The molecular weight excluding hydrogens is 309 g/mol. The first-order chi connectivity index (χ1) is 8.75. The zero-order chi connectivity index (χ0) is 14.2. The third-order valence-electron chi connectivity index (χ3n) is 3.12. The van der Waals surface area contributed by atoms with Crippen LogP contribution in [0.5, 0.6) is 0 Å². The number of halogens is 2. The Morgan fingerprint density at radius 1 is 1.32 bits per heavy atom. The predicted molar refractivity (Wildman–Crippen MR) is 74.1 cm³/mol. The second-order valence-corrected chi connectivity index (χ2v) is 7.86. The summed E-state index contributed by atoms with van der Waals surface area (Å²) in [5.41, 5.74) is 0.200. The summed E-state index contributed by atoms with van der Waals surface area (Å²) in [5, 5.41) is 2.99. The van der Waals surface area contributed by atoms with Crippen molar-refractivity contribution in [3.05, 3.63) is 28.8 Å². The normalized spacial score (nSPS) is 22.7. The van der Waals surface area contributed by atoms with Gasteiger partial charge in [-0.3, -0.25) is 4.79 Å². The second kappa shape index (κ2) is 5.31. The lowest BCUT2D eigenvalue weighted by molar-refractivity contribution is 0.0896.